The first-order valence-corrected chi connectivity index (χ1v) is 6.87. The van der Waals surface area contributed by atoms with Gasteiger partial charge in [0.05, 0.1) is 13.2 Å². The molecule has 2 heteroatoms. The third-order valence-electron chi connectivity index (χ3n) is 3.49. The highest BCUT2D eigenvalue weighted by Crippen LogP contribution is 2.39. The molecule has 0 spiro atoms. The Morgan fingerprint density at radius 3 is 2.42 bits per heavy atom. The van der Waals surface area contributed by atoms with E-state index in [0.29, 0.717) is 12.3 Å². The zero-order valence-corrected chi connectivity index (χ0v) is 13.0. The SMILES string of the molecule is COc1c(C(C)CCC#N)cc(C)cc1C(C)(C)C. The molecule has 2 nitrogen and oxygen atoms in total. The quantitative estimate of drug-likeness (QED) is 0.784. The number of nitriles is 1. The van der Waals surface area contributed by atoms with E-state index in [4.69, 9.17) is 10.00 Å². The largest absolute Gasteiger partial charge is 0.496 e. The first-order chi connectivity index (χ1) is 8.81. The molecule has 0 aliphatic heterocycles. The molecule has 0 bridgehead atoms. The lowest BCUT2D eigenvalue weighted by molar-refractivity contribution is 0.388. The Kier molecular flexibility index (Phi) is 5.00. The Balaban J connectivity index is 3.32. The van der Waals surface area contributed by atoms with Crippen LogP contribution in [0, 0.1) is 18.3 Å². The Bertz CT molecular complexity index is 477. The van der Waals surface area contributed by atoms with E-state index in [9.17, 15) is 0 Å². The number of methoxy groups -OCH3 is 1. The van der Waals surface area contributed by atoms with Crippen LogP contribution in [0.15, 0.2) is 12.1 Å². The van der Waals surface area contributed by atoms with Gasteiger partial charge in [-0.25, -0.2) is 0 Å². The van der Waals surface area contributed by atoms with E-state index in [1.54, 1.807) is 7.11 Å². The molecular formula is C17H25NO. The number of ether oxygens (including phenoxy) is 1. The van der Waals surface area contributed by atoms with Crippen molar-refractivity contribution in [3.05, 3.63) is 28.8 Å². The van der Waals surface area contributed by atoms with Gasteiger partial charge in [-0.15, -0.1) is 0 Å². The van der Waals surface area contributed by atoms with Crippen LogP contribution >= 0.6 is 0 Å². The highest BCUT2D eigenvalue weighted by molar-refractivity contribution is 5.49. The van der Waals surface area contributed by atoms with Crippen molar-refractivity contribution in [2.45, 2.75) is 58.8 Å². The summed E-state index contributed by atoms with van der Waals surface area (Å²) >= 11 is 0. The van der Waals surface area contributed by atoms with Crippen molar-refractivity contribution in [1.29, 1.82) is 5.26 Å². The molecule has 1 aromatic rings. The minimum absolute atomic E-state index is 0.0566. The third-order valence-corrected chi connectivity index (χ3v) is 3.49. The monoisotopic (exact) mass is 259 g/mol. The summed E-state index contributed by atoms with van der Waals surface area (Å²) in [6.07, 6.45) is 1.46. The molecule has 1 aromatic carbocycles. The van der Waals surface area contributed by atoms with Gasteiger partial charge in [0, 0.05) is 12.0 Å². The lowest BCUT2D eigenvalue weighted by Crippen LogP contribution is -2.15. The standard InChI is InChI=1S/C17H25NO/c1-12-10-14(13(2)8-7-9-18)16(19-6)15(11-12)17(3,4)5/h10-11,13H,7-8H2,1-6H3. The molecule has 0 radical (unpaired) electrons. The van der Waals surface area contributed by atoms with Crippen LogP contribution in [-0.2, 0) is 5.41 Å². The van der Waals surface area contributed by atoms with Crippen LogP contribution in [0.3, 0.4) is 0 Å². The maximum atomic E-state index is 8.75. The minimum Gasteiger partial charge on any atom is -0.496 e. The lowest BCUT2D eigenvalue weighted by atomic mass is 9.81. The predicted molar refractivity (Wildman–Crippen MR) is 79.7 cm³/mol. The highest BCUT2D eigenvalue weighted by atomic mass is 16.5. The molecule has 1 rings (SSSR count). The molecule has 0 saturated heterocycles. The molecule has 0 amide bonds. The van der Waals surface area contributed by atoms with Crippen LogP contribution in [0.4, 0.5) is 0 Å². The van der Waals surface area contributed by atoms with Crippen LogP contribution in [0.1, 0.15) is 63.1 Å². The molecule has 0 aliphatic carbocycles. The summed E-state index contributed by atoms with van der Waals surface area (Å²) in [7, 11) is 1.74. The van der Waals surface area contributed by atoms with E-state index in [1.165, 1.54) is 16.7 Å². The van der Waals surface area contributed by atoms with Gasteiger partial charge in [-0.05, 0) is 30.2 Å². The minimum atomic E-state index is 0.0566. The van der Waals surface area contributed by atoms with Gasteiger partial charge in [-0.3, -0.25) is 0 Å². The van der Waals surface area contributed by atoms with Crippen molar-refractivity contribution in [2.75, 3.05) is 7.11 Å². The molecular weight excluding hydrogens is 234 g/mol. The van der Waals surface area contributed by atoms with Gasteiger partial charge in [-0.1, -0.05) is 45.4 Å². The molecule has 1 unspecified atom stereocenters. The number of benzene rings is 1. The summed E-state index contributed by atoms with van der Waals surface area (Å²) in [5.74, 6) is 1.33. The summed E-state index contributed by atoms with van der Waals surface area (Å²) in [4.78, 5) is 0. The van der Waals surface area contributed by atoms with Crippen molar-refractivity contribution in [3.8, 4) is 11.8 Å². The fourth-order valence-corrected chi connectivity index (χ4v) is 2.39. The second kappa shape index (κ2) is 6.10. The second-order valence-corrected chi connectivity index (χ2v) is 6.28. The third kappa shape index (κ3) is 3.73. The molecule has 0 fully saturated rings. The number of hydrogen-bond donors (Lipinski definition) is 0. The van der Waals surface area contributed by atoms with Crippen LogP contribution in [0.5, 0.6) is 5.75 Å². The van der Waals surface area contributed by atoms with Crippen molar-refractivity contribution in [3.63, 3.8) is 0 Å². The number of nitrogens with zero attached hydrogens (tertiary/aromatic N) is 1. The van der Waals surface area contributed by atoms with E-state index >= 15 is 0 Å². The van der Waals surface area contributed by atoms with Crippen LogP contribution in [0.2, 0.25) is 0 Å². The number of aryl methyl sites for hydroxylation is 1. The Morgan fingerprint density at radius 2 is 1.95 bits per heavy atom. The summed E-state index contributed by atoms with van der Waals surface area (Å²) in [5, 5.41) is 8.75. The van der Waals surface area contributed by atoms with Gasteiger partial charge < -0.3 is 4.74 Å². The van der Waals surface area contributed by atoms with E-state index < -0.39 is 0 Å². The predicted octanol–water partition coefficient (Wildman–Crippen LogP) is 4.71. The Labute approximate surface area is 117 Å². The van der Waals surface area contributed by atoms with Crippen LogP contribution in [0.25, 0.3) is 0 Å². The number of rotatable bonds is 4. The molecule has 0 aliphatic rings. The molecule has 0 saturated carbocycles. The van der Waals surface area contributed by atoms with Crippen LogP contribution < -0.4 is 4.74 Å². The van der Waals surface area contributed by atoms with Gasteiger partial charge >= 0.3 is 0 Å². The fraction of sp³-hybridized carbons (Fsp3) is 0.588. The summed E-state index contributed by atoms with van der Waals surface area (Å²) in [6, 6.07) is 6.62. The van der Waals surface area contributed by atoms with Gasteiger partial charge in [0.15, 0.2) is 0 Å². The molecule has 1 atom stereocenters. The number of hydrogen-bond acceptors (Lipinski definition) is 2. The van der Waals surface area contributed by atoms with Gasteiger partial charge in [0.1, 0.15) is 5.75 Å². The van der Waals surface area contributed by atoms with E-state index in [-0.39, 0.29) is 5.41 Å². The Hall–Kier alpha value is -1.49. The van der Waals surface area contributed by atoms with Gasteiger partial charge in [0.2, 0.25) is 0 Å². The average Bonchev–Trinajstić information content (AvgIpc) is 2.33. The molecule has 0 aromatic heterocycles. The topological polar surface area (TPSA) is 33.0 Å². The normalized spacial score (nSPS) is 12.9. The Morgan fingerprint density at radius 1 is 1.32 bits per heavy atom. The van der Waals surface area contributed by atoms with Crippen molar-refractivity contribution >= 4 is 0 Å². The fourth-order valence-electron chi connectivity index (χ4n) is 2.39. The van der Waals surface area contributed by atoms with Crippen molar-refractivity contribution in [2.24, 2.45) is 0 Å². The average molecular weight is 259 g/mol. The van der Waals surface area contributed by atoms with Crippen molar-refractivity contribution < 1.29 is 4.74 Å². The zero-order chi connectivity index (χ0) is 14.6. The summed E-state index contributed by atoms with van der Waals surface area (Å²) < 4.78 is 5.68. The van der Waals surface area contributed by atoms with Gasteiger partial charge in [-0.2, -0.15) is 5.26 Å². The molecule has 19 heavy (non-hydrogen) atoms. The van der Waals surface area contributed by atoms with E-state index in [0.717, 1.165) is 12.2 Å². The molecule has 0 heterocycles. The van der Waals surface area contributed by atoms with Crippen molar-refractivity contribution in [1.82, 2.24) is 0 Å². The first kappa shape index (κ1) is 15.6. The molecule has 0 N–H and O–H groups in total. The summed E-state index contributed by atoms with van der Waals surface area (Å²) in [6.45, 7) is 10.9. The smallest absolute Gasteiger partial charge is 0.126 e. The highest BCUT2D eigenvalue weighted by Gasteiger charge is 2.23. The molecule has 104 valence electrons. The maximum absolute atomic E-state index is 8.75. The lowest BCUT2D eigenvalue weighted by Gasteiger charge is -2.26. The maximum Gasteiger partial charge on any atom is 0.126 e. The van der Waals surface area contributed by atoms with E-state index in [1.807, 2.05) is 0 Å². The second-order valence-electron chi connectivity index (χ2n) is 6.28. The zero-order valence-electron chi connectivity index (χ0n) is 13.0. The van der Waals surface area contributed by atoms with Gasteiger partial charge in [0.25, 0.3) is 0 Å². The summed E-state index contributed by atoms with van der Waals surface area (Å²) in [5.41, 5.74) is 3.78. The van der Waals surface area contributed by atoms with E-state index in [2.05, 4.69) is 52.8 Å². The van der Waals surface area contributed by atoms with Crippen LogP contribution in [-0.4, -0.2) is 7.11 Å². The first-order valence-electron chi connectivity index (χ1n) is 6.87.